The minimum Gasteiger partial charge on any atom is -0.321 e. The van der Waals surface area contributed by atoms with Crippen LogP contribution in [0.25, 0.3) is 0 Å². The van der Waals surface area contributed by atoms with Crippen LogP contribution in [0.1, 0.15) is 29.4 Å². The van der Waals surface area contributed by atoms with Gasteiger partial charge < -0.3 is 10.6 Å². The molecule has 0 bridgehead atoms. The predicted molar refractivity (Wildman–Crippen MR) is 101 cm³/mol. The summed E-state index contributed by atoms with van der Waals surface area (Å²) in [6, 6.07) is 9.43. The zero-order valence-corrected chi connectivity index (χ0v) is 15.8. The molecule has 0 unspecified atom stereocenters. The van der Waals surface area contributed by atoms with Gasteiger partial charge in [0.15, 0.2) is 0 Å². The molecule has 1 fully saturated rings. The normalized spacial score (nSPS) is 15.0. The van der Waals surface area contributed by atoms with Crippen LogP contribution in [-0.2, 0) is 14.8 Å². The van der Waals surface area contributed by atoms with E-state index in [4.69, 9.17) is 0 Å². The SMILES string of the molecule is CC(=O)Nc1ccc(C(=O)Nc2ccc(S(=O)(=O)N3CCCC3)cc2)s1. The van der Waals surface area contributed by atoms with Gasteiger partial charge in [-0.2, -0.15) is 4.31 Å². The minimum atomic E-state index is -3.46. The van der Waals surface area contributed by atoms with Crippen molar-refractivity contribution in [1.82, 2.24) is 4.31 Å². The molecule has 0 atom stereocenters. The standard InChI is InChI=1S/C17H19N3O4S2/c1-12(21)18-16-9-8-15(25-16)17(22)19-13-4-6-14(7-5-13)26(23,24)20-10-2-3-11-20/h4-9H,2-3,10-11H2,1H3,(H,18,21)(H,19,22). The largest absolute Gasteiger partial charge is 0.321 e. The van der Waals surface area contributed by atoms with Crippen LogP contribution in [0, 0.1) is 0 Å². The molecule has 9 heteroatoms. The van der Waals surface area contributed by atoms with E-state index in [-0.39, 0.29) is 16.7 Å². The van der Waals surface area contributed by atoms with Gasteiger partial charge in [-0.1, -0.05) is 0 Å². The molecule has 2 amide bonds. The van der Waals surface area contributed by atoms with Gasteiger partial charge in [0.05, 0.1) is 14.8 Å². The van der Waals surface area contributed by atoms with E-state index < -0.39 is 10.0 Å². The van der Waals surface area contributed by atoms with Gasteiger partial charge in [-0.3, -0.25) is 9.59 Å². The van der Waals surface area contributed by atoms with Crippen LogP contribution in [0.15, 0.2) is 41.3 Å². The predicted octanol–water partition coefficient (Wildman–Crippen LogP) is 2.74. The van der Waals surface area contributed by atoms with Gasteiger partial charge >= 0.3 is 0 Å². The Kier molecular flexibility index (Phi) is 5.40. The number of hydrogen-bond acceptors (Lipinski definition) is 5. The van der Waals surface area contributed by atoms with Crippen molar-refractivity contribution in [3.8, 4) is 0 Å². The zero-order chi connectivity index (χ0) is 18.7. The molecule has 7 nitrogen and oxygen atoms in total. The number of thiophene rings is 1. The number of carbonyl (C=O) groups is 2. The lowest BCUT2D eigenvalue weighted by Crippen LogP contribution is -2.27. The summed E-state index contributed by atoms with van der Waals surface area (Å²) in [6.07, 6.45) is 1.77. The average molecular weight is 393 g/mol. The Balaban J connectivity index is 1.68. The number of nitrogens with one attached hydrogen (secondary N) is 2. The van der Waals surface area contributed by atoms with E-state index in [1.165, 1.54) is 34.7 Å². The van der Waals surface area contributed by atoms with Gasteiger partial charge in [0, 0.05) is 25.7 Å². The summed E-state index contributed by atoms with van der Waals surface area (Å²) in [5.41, 5.74) is 0.504. The molecule has 0 aliphatic carbocycles. The Morgan fingerprint density at radius 3 is 2.27 bits per heavy atom. The molecule has 2 N–H and O–H groups in total. The van der Waals surface area contributed by atoms with E-state index in [9.17, 15) is 18.0 Å². The first-order valence-corrected chi connectivity index (χ1v) is 10.4. The molecule has 1 aromatic heterocycles. The van der Waals surface area contributed by atoms with Crippen molar-refractivity contribution in [1.29, 1.82) is 0 Å². The molecule has 138 valence electrons. The van der Waals surface area contributed by atoms with Gasteiger partial charge in [0.25, 0.3) is 5.91 Å². The molecule has 2 heterocycles. The molecule has 2 aromatic rings. The highest BCUT2D eigenvalue weighted by atomic mass is 32.2. The van der Waals surface area contributed by atoms with Crippen LogP contribution < -0.4 is 10.6 Å². The maximum absolute atomic E-state index is 12.5. The van der Waals surface area contributed by atoms with Crippen molar-refractivity contribution in [2.24, 2.45) is 0 Å². The van der Waals surface area contributed by atoms with Gasteiger partial charge in [-0.25, -0.2) is 8.42 Å². The van der Waals surface area contributed by atoms with Gasteiger partial charge in [0.1, 0.15) is 0 Å². The Hall–Kier alpha value is -2.23. The van der Waals surface area contributed by atoms with E-state index in [0.717, 1.165) is 12.8 Å². The number of amides is 2. The summed E-state index contributed by atoms with van der Waals surface area (Å²) in [5, 5.41) is 5.94. The maximum Gasteiger partial charge on any atom is 0.265 e. The first-order valence-electron chi connectivity index (χ1n) is 8.15. The topological polar surface area (TPSA) is 95.6 Å². The first kappa shape index (κ1) is 18.6. The number of sulfonamides is 1. The van der Waals surface area contributed by atoms with Crippen LogP contribution in [0.4, 0.5) is 10.7 Å². The number of hydrogen-bond donors (Lipinski definition) is 2. The van der Waals surface area contributed by atoms with Crippen molar-refractivity contribution in [3.05, 3.63) is 41.3 Å². The van der Waals surface area contributed by atoms with Crippen LogP contribution in [0.3, 0.4) is 0 Å². The lowest BCUT2D eigenvalue weighted by molar-refractivity contribution is -0.114. The molecule has 1 aromatic carbocycles. The van der Waals surface area contributed by atoms with Crippen LogP contribution in [0.5, 0.6) is 0 Å². The fourth-order valence-corrected chi connectivity index (χ4v) is 5.05. The fourth-order valence-electron chi connectivity index (χ4n) is 2.68. The highest BCUT2D eigenvalue weighted by Crippen LogP contribution is 2.24. The highest BCUT2D eigenvalue weighted by molar-refractivity contribution is 7.89. The monoisotopic (exact) mass is 393 g/mol. The number of nitrogens with zero attached hydrogens (tertiary/aromatic N) is 1. The van der Waals surface area contributed by atoms with Crippen molar-refractivity contribution in [2.45, 2.75) is 24.7 Å². The minimum absolute atomic E-state index is 0.200. The van der Waals surface area contributed by atoms with Crippen molar-refractivity contribution in [2.75, 3.05) is 23.7 Å². The van der Waals surface area contributed by atoms with Gasteiger partial charge in [-0.05, 0) is 49.2 Å². The summed E-state index contributed by atoms with van der Waals surface area (Å²) in [6.45, 7) is 2.50. The maximum atomic E-state index is 12.5. The second-order valence-corrected chi connectivity index (χ2v) is 8.96. The Labute approximate surface area is 156 Å². The van der Waals surface area contributed by atoms with Crippen LogP contribution in [0.2, 0.25) is 0 Å². The molecule has 1 aliphatic heterocycles. The molecular formula is C17H19N3O4S2. The van der Waals surface area contributed by atoms with E-state index in [2.05, 4.69) is 10.6 Å². The summed E-state index contributed by atoms with van der Waals surface area (Å²) in [5.74, 6) is -0.518. The van der Waals surface area contributed by atoms with Crippen LogP contribution in [-0.4, -0.2) is 37.6 Å². The third-order valence-corrected chi connectivity index (χ3v) is 6.86. The number of benzene rings is 1. The smallest absolute Gasteiger partial charge is 0.265 e. The number of carbonyl (C=O) groups excluding carboxylic acids is 2. The Morgan fingerprint density at radius 1 is 1.00 bits per heavy atom. The molecule has 0 spiro atoms. The van der Waals surface area contributed by atoms with Crippen molar-refractivity contribution < 1.29 is 18.0 Å². The van der Waals surface area contributed by atoms with Crippen LogP contribution >= 0.6 is 11.3 Å². The number of anilines is 2. The second-order valence-electron chi connectivity index (χ2n) is 5.93. The molecular weight excluding hydrogens is 374 g/mol. The third kappa shape index (κ3) is 4.12. The van der Waals surface area contributed by atoms with E-state index in [1.54, 1.807) is 24.3 Å². The van der Waals surface area contributed by atoms with Crippen molar-refractivity contribution in [3.63, 3.8) is 0 Å². The quantitative estimate of drug-likeness (QED) is 0.816. The van der Waals surface area contributed by atoms with E-state index >= 15 is 0 Å². The molecule has 3 rings (SSSR count). The average Bonchev–Trinajstić information content (AvgIpc) is 3.26. The summed E-state index contributed by atoms with van der Waals surface area (Å²) >= 11 is 1.17. The lowest BCUT2D eigenvalue weighted by atomic mass is 10.3. The van der Waals surface area contributed by atoms with Gasteiger partial charge in [0.2, 0.25) is 15.9 Å². The summed E-state index contributed by atoms with van der Waals surface area (Å²) < 4.78 is 26.5. The molecule has 26 heavy (non-hydrogen) atoms. The molecule has 1 saturated heterocycles. The van der Waals surface area contributed by atoms with E-state index in [1.807, 2.05) is 0 Å². The first-order chi connectivity index (χ1) is 12.4. The molecule has 0 radical (unpaired) electrons. The summed E-state index contributed by atoms with van der Waals surface area (Å²) in [4.78, 5) is 24.0. The zero-order valence-electron chi connectivity index (χ0n) is 14.2. The highest BCUT2D eigenvalue weighted by Gasteiger charge is 2.26. The van der Waals surface area contributed by atoms with Crippen molar-refractivity contribution >= 4 is 43.9 Å². The second kappa shape index (κ2) is 7.56. The molecule has 0 saturated carbocycles. The van der Waals surface area contributed by atoms with Gasteiger partial charge in [-0.15, -0.1) is 11.3 Å². The lowest BCUT2D eigenvalue weighted by Gasteiger charge is -2.15. The Bertz CT molecular complexity index is 914. The third-order valence-electron chi connectivity index (χ3n) is 3.94. The Morgan fingerprint density at radius 2 is 1.65 bits per heavy atom. The number of rotatable bonds is 5. The molecule has 1 aliphatic rings. The summed E-state index contributed by atoms with van der Waals surface area (Å²) in [7, 11) is -3.46. The van der Waals surface area contributed by atoms with E-state index in [0.29, 0.717) is 28.7 Å². The fraction of sp³-hybridized carbons (Fsp3) is 0.294.